The predicted octanol–water partition coefficient (Wildman–Crippen LogP) is 4.90. The van der Waals surface area contributed by atoms with E-state index in [2.05, 4.69) is 37.8 Å². The van der Waals surface area contributed by atoms with Crippen LogP contribution in [0.1, 0.15) is 42.5 Å². The number of hydrogen-bond acceptors (Lipinski definition) is 4. The molecule has 0 saturated heterocycles. The van der Waals surface area contributed by atoms with Gasteiger partial charge in [0, 0.05) is 36.7 Å². The van der Waals surface area contributed by atoms with Crippen molar-refractivity contribution in [1.82, 2.24) is 24.4 Å². The van der Waals surface area contributed by atoms with Crippen molar-refractivity contribution in [3.8, 4) is 11.3 Å². The molecule has 4 rings (SSSR count). The van der Waals surface area contributed by atoms with Crippen LogP contribution >= 0.6 is 0 Å². The van der Waals surface area contributed by atoms with Gasteiger partial charge in [0.15, 0.2) is 5.65 Å². The van der Waals surface area contributed by atoms with Gasteiger partial charge in [-0.2, -0.15) is 5.10 Å². The summed E-state index contributed by atoms with van der Waals surface area (Å²) in [4.78, 5) is 22.9. The predicted molar refractivity (Wildman–Crippen MR) is 137 cm³/mol. The zero-order chi connectivity index (χ0) is 24.3. The Morgan fingerprint density at radius 3 is 2.18 bits per heavy atom. The van der Waals surface area contributed by atoms with E-state index in [-0.39, 0.29) is 11.3 Å². The van der Waals surface area contributed by atoms with Gasteiger partial charge in [-0.05, 0) is 25.7 Å². The van der Waals surface area contributed by atoms with Crippen molar-refractivity contribution in [3.05, 3.63) is 89.7 Å². The third kappa shape index (κ3) is 5.34. The van der Waals surface area contributed by atoms with Crippen LogP contribution < -0.4 is 0 Å². The van der Waals surface area contributed by atoms with Crippen LogP contribution in [0.25, 0.3) is 16.9 Å². The molecule has 0 spiro atoms. The molecule has 0 aliphatic heterocycles. The molecule has 2 aromatic carbocycles. The summed E-state index contributed by atoms with van der Waals surface area (Å²) in [6.07, 6.45) is 0. The van der Waals surface area contributed by atoms with E-state index in [4.69, 9.17) is 10.1 Å². The molecule has 0 aliphatic rings. The van der Waals surface area contributed by atoms with Gasteiger partial charge in [-0.1, -0.05) is 81.4 Å². The first-order valence-electron chi connectivity index (χ1n) is 11.7. The minimum atomic E-state index is -0.157. The van der Waals surface area contributed by atoms with Crippen LogP contribution in [0.4, 0.5) is 0 Å². The summed E-state index contributed by atoms with van der Waals surface area (Å²) in [5.41, 5.74) is 4.79. The first-order chi connectivity index (χ1) is 16.2. The Morgan fingerprint density at radius 1 is 0.912 bits per heavy atom. The number of aromatic nitrogens is 3. The zero-order valence-electron chi connectivity index (χ0n) is 20.7. The van der Waals surface area contributed by atoms with Crippen LogP contribution in [0.5, 0.6) is 0 Å². The summed E-state index contributed by atoms with van der Waals surface area (Å²) in [5.74, 6) is -0.0566. The molecular weight excluding hydrogens is 422 g/mol. The smallest absolute Gasteiger partial charge is 0.273 e. The maximum atomic E-state index is 14.0. The summed E-state index contributed by atoms with van der Waals surface area (Å²) in [5, 5.41) is 4.82. The standard InChI is InChI=1S/C28H33N5O/c1-28(2,3)25-19-26-29-23(22-14-10-7-11-15-22)18-24(33(26)30-25)27(34)32(17-16-31(4)5)20-21-12-8-6-9-13-21/h6-15,18-19H,16-17,20H2,1-5H3. The SMILES string of the molecule is CN(C)CCN(Cc1ccccc1)C(=O)c1cc(-c2ccccc2)nc2cc(C(C)(C)C)nn12. The first kappa shape index (κ1) is 23.6. The lowest BCUT2D eigenvalue weighted by Crippen LogP contribution is -2.37. The Morgan fingerprint density at radius 2 is 1.56 bits per heavy atom. The molecule has 0 atom stereocenters. The van der Waals surface area contributed by atoms with Gasteiger partial charge in [-0.3, -0.25) is 4.79 Å². The third-order valence-electron chi connectivity index (χ3n) is 5.80. The Bertz CT molecular complexity index is 1260. The molecule has 0 fully saturated rings. The largest absolute Gasteiger partial charge is 0.332 e. The molecule has 4 aromatic rings. The van der Waals surface area contributed by atoms with E-state index >= 15 is 0 Å². The summed E-state index contributed by atoms with van der Waals surface area (Å²) in [6, 6.07) is 24.0. The maximum absolute atomic E-state index is 14.0. The molecule has 0 saturated carbocycles. The minimum Gasteiger partial charge on any atom is -0.332 e. The van der Waals surface area contributed by atoms with Crippen molar-refractivity contribution >= 4 is 11.6 Å². The molecule has 6 heteroatoms. The number of carbonyl (C=O) groups excluding carboxylic acids is 1. The molecular formula is C28H33N5O. The van der Waals surface area contributed by atoms with E-state index in [1.165, 1.54) is 0 Å². The van der Waals surface area contributed by atoms with Crippen molar-refractivity contribution in [3.63, 3.8) is 0 Å². The molecule has 2 aromatic heterocycles. The van der Waals surface area contributed by atoms with Crippen LogP contribution in [0.3, 0.4) is 0 Å². The number of amides is 1. The highest BCUT2D eigenvalue weighted by molar-refractivity contribution is 5.94. The highest BCUT2D eigenvalue weighted by atomic mass is 16.2. The summed E-state index contributed by atoms with van der Waals surface area (Å²) in [7, 11) is 4.04. The number of rotatable bonds is 7. The van der Waals surface area contributed by atoms with Crippen LogP contribution in [0.15, 0.2) is 72.8 Å². The minimum absolute atomic E-state index is 0.0566. The summed E-state index contributed by atoms with van der Waals surface area (Å²) < 4.78 is 1.71. The Kier molecular flexibility index (Phi) is 6.80. The number of hydrogen-bond donors (Lipinski definition) is 0. The van der Waals surface area contributed by atoms with Gasteiger partial charge < -0.3 is 9.80 Å². The fraction of sp³-hybridized carbons (Fsp3) is 0.321. The highest BCUT2D eigenvalue weighted by Gasteiger charge is 2.25. The van der Waals surface area contributed by atoms with Crippen LogP contribution in [-0.4, -0.2) is 57.5 Å². The van der Waals surface area contributed by atoms with E-state index in [0.717, 1.165) is 29.1 Å². The first-order valence-corrected chi connectivity index (χ1v) is 11.7. The second-order valence-corrected chi connectivity index (χ2v) is 9.96. The molecule has 0 N–H and O–H groups in total. The van der Waals surface area contributed by atoms with E-state index in [0.29, 0.717) is 24.4 Å². The van der Waals surface area contributed by atoms with Crippen molar-refractivity contribution in [2.75, 3.05) is 27.2 Å². The fourth-order valence-electron chi connectivity index (χ4n) is 3.79. The van der Waals surface area contributed by atoms with Gasteiger partial charge in [-0.15, -0.1) is 0 Å². The van der Waals surface area contributed by atoms with E-state index in [1.807, 2.05) is 79.7 Å². The van der Waals surface area contributed by atoms with Crippen LogP contribution in [0.2, 0.25) is 0 Å². The molecule has 34 heavy (non-hydrogen) atoms. The van der Waals surface area contributed by atoms with Crippen LogP contribution in [-0.2, 0) is 12.0 Å². The number of nitrogens with zero attached hydrogens (tertiary/aromatic N) is 5. The molecule has 2 heterocycles. The van der Waals surface area contributed by atoms with Gasteiger partial charge >= 0.3 is 0 Å². The topological polar surface area (TPSA) is 53.7 Å². The lowest BCUT2D eigenvalue weighted by atomic mass is 9.93. The van der Waals surface area contributed by atoms with E-state index in [1.54, 1.807) is 4.52 Å². The Balaban J connectivity index is 1.82. The third-order valence-corrected chi connectivity index (χ3v) is 5.80. The monoisotopic (exact) mass is 455 g/mol. The summed E-state index contributed by atoms with van der Waals surface area (Å²) in [6.45, 7) is 8.27. The van der Waals surface area contributed by atoms with Gasteiger partial charge in [-0.25, -0.2) is 9.50 Å². The van der Waals surface area contributed by atoms with Gasteiger partial charge in [0.1, 0.15) is 5.69 Å². The maximum Gasteiger partial charge on any atom is 0.273 e. The summed E-state index contributed by atoms with van der Waals surface area (Å²) >= 11 is 0. The Labute approximate surface area is 201 Å². The second kappa shape index (κ2) is 9.77. The number of carbonyl (C=O) groups is 1. The van der Waals surface area contributed by atoms with Crippen LogP contribution in [0, 0.1) is 0 Å². The molecule has 0 aliphatic carbocycles. The zero-order valence-corrected chi connectivity index (χ0v) is 20.7. The van der Waals surface area contributed by atoms with E-state index in [9.17, 15) is 4.79 Å². The average molecular weight is 456 g/mol. The lowest BCUT2D eigenvalue weighted by molar-refractivity contribution is 0.0723. The molecule has 0 bridgehead atoms. The molecule has 0 unspecified atom stereocenters. The highest BCUT2D eigenvalue weighted by Crippen LogP contribution is 2.26. The Hall–Kier alpha value is -3.51. The number of fused-ring (bicyclic) bond motifs is 1. The van der Waals surface area contributed by atoms with Crippen molar-refractivity contribution < 1.29 is 4.79 Å². The lowest BCUT2D eigenvalue weighted by Gasteiger charge is -2.25. The number of likely N-dealkylation sites (N-methyl/N-ethyl adjacent to an activating group) is 1. The quantitative estimate of drug-likeness (QED) is 0.398. The molecule has 1 amide bonds. The molecule has 0 radical (unpaired) electrons. The van der Waals surface area contributed by atoms with Crippen molar-refractivity contribution in [1.29, 1.82) is 0 Å². The average Bonchev–Trinajstić information content (AvgIpc) is 3.27. The van der Waals surface area contributed by atoms with Gasteiger partial charge in [0.25, 0.3) is 5.91 Å². The normalized spacial score (nSPS) is 11.8. The van der Waals surface area contributed by atoms with Crippen molar-refractivity contribution in [2.45, 2.75) is 32.7 Å². The van der Waals surface area contributed by atoms with Gasteiger partial charge in [0.05, 0.1) is 11.4 Å². The fourth-order valence-corrected chi connectivity index (χ4v) is 3.79. The molecule has 6 nitrogen and oxygen atoms in total. The van der Waals surface area contributed by atoms with Crippen molar-refractivity contribution in [2.24, 2.45) is 0 Å². The molecule has 176 valence electrons. The van der Waals surface area contributed by atoms with E-state index < -0.39 is 0 Å². The second-order valence-electron chi connectivity index (χ2n) is 9.96. The number of benzene rings is 2. The van der Waals surface area contributed by atoms with Gasteiger partial charge in [0.2, 0.25) is 0 Å².